The molecule has 2 aromatic rings. The quantitative estimate of drug-likeness (QED) is 0.880. The third kappa shape index (κ3) is 2.36. The molecule has 0 amide bonds. The molecule has 0 atom stereocenters. The maximum Gasteiger partial charge on any atom is 0.245 e. The Morgan fingerprint density at radius 2 is 1.71 bits per heavy atom. The minimum Gasteiger partial charge on any atom is -0.497 e. The first-order chi connectivity index (χ1) is 10.0. The number of nitrogens with two attached hydrogens (primary N) is 1. The predicted molar refractivity (Wildman–Crippen MR) is 80.3 cm³/mol. The predicted octanol–water partition coefficient (Wildman–Crippen LogP) is 1.98. The Balaban J connectivity index is 1.96. The van der Waals surface area contributed by atoms with Crippen LogP contribution in [0.4, 0.5) is 5.69 Å². The van der Waals surface area contributed by atoms with Crippen molar-refractivity contribution in [2.45, 2.75) is 18.0 Å². The molecule has 1 heterocycles. The minimum absolute atomic E-state index is 0.121. The van der Waals surface area contributed by atoms with Crippen LogP contribution in [0.25, 0.3) is 0 Å². The molecule has 3 rings (SSSR count). The summed E-state index contributed by atoms with van der Waals surface area (Å²) < 4.78 is 31.9. The van der Waals surface area contributed by atoms with Gasteiger partial charge in [-0.1, -0.05) is 24.3 Å². The van der Waals surface area contributed by atoms with E-state index in [9.17, 15) is 8.42 Å². The molecule has 2 N–H and O–H groups in total. The lowest BCUT2D eigenvalue weighted by Crippen LogP contribution is -2.26. The van der Waals surface area contributed by atoms with Crippen LogP contribution in [0.15, 0.2) is 47.4 Å². The van der Waals surface area contributed by atoms with E-state index in [-0.39, 0.29) is 10.6 Å². The summed E-state index contributed by atoms with van der Waals surface area (Å²) in [6, 6.07) is 12.3. The maximum absolute atomic E-state index is 12.7. The fraction of sp³-hybridized carbons (Fsp3) is 0.200. The number of hydrogen-bond acceptors (Lipinski definition) is 4. The molecule has 110 valence electrons. The molecule has 0 spiro atoms. The molecule has 2 aromatic carbocycles. The lowest BCUT2D eigenvalue weighted by Gasteiger charge is -2.17. The molecular formula is C15H16N2O3S. The van der Waals surface area contributed by atoms with Gasteiger partial charge in [0.15, 0.2) is 0 Å². The Labute approximate surface area is 124 Å². The number of rotatable bonds is 3. The van der Waals surface area contributed by atoms with E-state index in [4.69, 9.17) is 10.5 Å². The molecule has 6 heteroatoms. The summed E-state index contributed by atoms with van der Waals surface area (Å²) in [5.41, 5.74) is 8.14. The van der Waals surface area contributed by atoms with Gasteiger partial charge in [-0.05, 0) is 23.3 Å². The van der Waals surface area contributed by atoms with Gasteiger partial charge in [0.2, 0.25) is 10.0 Å². The van der Waals surface area contributed by atoms with Gasteiger partial charge in [0.1, 0.15) is 10.6 Å². The summed E-state index contributed by atoms with van der Waals surface area (Å²) in [4.78, 5) is 0.121. The summed E-state index contributed by atoms with van der Waals surface area (Å²) in [6.07, 6.45) is 0. The van der Waals surface area contributed by atoms with Crippen molar-refractivity contribution in [2.75, 3.05) is 12.8 Å². The van der Waals surface area contributed by atoms with Gasteiger partial charge >= 0.3 is 0 Å². The lowest BCUT2D eigenvalue weighted by atomic mass is 10.1. The van der Waals surface area contributed by atoms with Gasteiger partial charge in [-0.15, -0.1) is 0 Å². The van der Waals surface area contributed by atoms with Crippen LogP contribution in [0, 0.1) is 0 Å². The number of fused-ring (bicyclic) bond motifs is 1. The van der Waals surface area contributed by atoms with Crippen LogP contribution >= 0.6 is 0 Å². The molecular weight excluding hydrogens is 288 g/mol. The number of ether oxygens (including phenoxy) is 1. The maximum atomic E-state index is 12.7. The number of benzene rings is 2. The highest BCUT2D eigenvalue weighted by atomic mass is 32.2. The summed E-state index contributed by atoms with van der Waals surface area (Å²) >= 11 is 0. The molecule has 21 heavy (non-hydrogen) atoms. The van der Waals surface area contributed by atoms with Crippen molar-refractivity contribution in [3.05, 3.63) is 53.6 Å². The van der Waals surface area contributed by atoms with E-state index in [0.717, 1.165) is 11.1 Å². The van der Waals surface area contributed by atoms with E-state index in [0.29, 0.717) is 18.8 Å². The zero-order valence-corrected chi connectivity index (χ0v) is 12.4. The smallest absolute Gasteiger partial charge is 0.245 e. The number of sulfonamides is 1. The van der Waals surface area contributed by atoms with E-state index in [1.54, 1.807) is 6.07 Å². The van der Waals surface area contributed by atoms with Crippen molar-refractivity contribution in [3.63, 3.8) is 0 Å². The summed E-state index contributed by atoms with van der Waals surface area (Å²) in [7, 11) is -2.10. The Morgan fingerprint density at radius 1 is 1.10 bits per heavy atom. The van der Waals surface area contributed by atoms with Crippen molar-refractivity contribution in [3.8, 4) is 5.75 Å². The van der Waals surface area contributed by atoms with Crippen LogP contribution < -0.4 is 10.5 Å². The normalized spacial score (nSPS) is 14.9. The SMILES string of the molecule is COc1ccc(S(=O)(=O)N2Cc3ccccc3C2)c(N)c1. The van der Waals surface area contributed by atoms with Crippen LogP contribution in [-0.4, -0.2) is 19.8 Å². The Morgan fingerprint density at radius 3 is 2.24 bits per heavy atom. The van der Waals surface area contributed by atoms with Crippen LogP contribution in [0.2, 0.25) is 0 Å². The van der Waals surface area contributed by atoms with Gasteiger partial charge in [0.05, 0.1) is 12.8 Å². The van der Waals surface area contributed by atoms with Crippen LogP contribution in [0.5, 0.6) is 5.75 Å². The van der Waals surface area contributed by atoms with Crippen molar-refractivity contribution in [1.82, 2.24) is 4.31 Å². The molecule has 5 nitrogen and oxygen atoms in total. The zero-order valence-electron chi connectivity index (χ0n) is 11.6. The Bertz CT molecular complexity index is 762. The van der Waals surface area contributed by atoms with Gasteiger partial charge in [-0.25, -0.2) is 8.42 Å². The molecule has 0 fully saturated rings. The molecule has 0 saturated carbocycles. The van der Waals surface area contributed by atoms with E-state index in [1.807, 2.05) is 24.3 Å². The highest BCUT2D eigenvalue weighted by molar-refractivity contribution is 7.89. The second kappa shape index (κ2) is 5.05. The minimum atomic E-state index is -3.61. The molecule has 0 aliphatic carbocycles. The van der Waals surface area contributed by atoms with E-state index >= 15 is 0 Å². The first-order valence-electron chi connectivity index (χ1n) is 6.53. The first kappa shape index (κ1) is 13.9. The second-order valence-corrected chi connectivity index (χ2v) is 6.85. The molecule has 1 aliphatic heterocycles. The third-order valence-electron chi connectivity index (χ3n) is 3.65. The highest BCUT2D eigenvalue weighted by Crippen LogP contribution is 2.32. The number of nitrogen functional groups attached to an aromatic ring is 1. The van der Waals surface area contributed by atoms with E-state index in [1.165, 1.54) is 23.5 Å². The molecule has 0 bridgehead atoms. The van der Waals surface area contributed by atoms with Crippen LogP contribution in [0.1, 0.15) is 11.1 Å². The van der Waals surface area contributed by atoms with Crippen molar-refractivity contribution in [1.29, 1.82) is 0 Å². The Hall–Kier alpha value is -2.05. The fourth-order valence-electron chi connectivity index (χ4n) is 2.50. The monoisotopic (exact) mass is 304 g/mol. The van der Waals surface area contributed by atoms with Crippen molar-refractivity contribution >= 4 is 15.7 Å². The second-order valence-electron chi connectivity index (χ2n) is 4.95. The number of methoxy groups -OCH3 is 1. The van der Waals surface area contributed by atoms with Crippen molar-refractivity contribution < 1.29 is 13.2 Å². The summed E-state index contributed by atoms with van der Waals surface area (Å²) in [6.45, 7) is 0.758. The lowest BCUT2D eigenvalue weighted by molar-refractivity contribution is 0.414. The number of hydrogen-bond donors (Lipinski definition) is 1. The van der Waals surface area contributed by atoms with Gasteiger partial charge < -0.3 is 10.5 Å². The number of anilines is 1. The van der Waals surface area contributed by atoms with Crippen molar-refractivity contribution in [2.24, 2.45) is 0 Å². The number of nitrogens with zero attached hydrogens (tertiary/aromatic N) is 1. The molecule has 0 radical (unpaired) electrons. The summed E-state index contributed by atoms with van der Waals surface area (Å²) in [5.74, 6) is 0.538. The first-order valence-corrected chi connectivity index (χ1v) is 7.97. The molecule has 0 unspecified atom stereocenters. The fourth-order valence-corrected chi connectivity index (χ4v) is 3.99. The van der Waals surface area contributed by atoms with Crippen LogP contribution in [-0.2, 0) is 23.1 Å². The van der Waals surface area contributed by atoms with Gasteiger partial charge in [0, 0.05) is 19.2 Å². The standard InChI is InChI=1S/C15H16N2O3S/c1-20-13-6-7-15(14(16)8-13)21(18,19)17-9-11-4-2-3-5-12(11)10-17/h2-8H,9-10,16H2,1H3. The summed E-state index contributed by atoms with van der Waals surface area (Å²) in [5, 5.41) is 0. The largest absolute Gasteiger partial charge is 0.497 e. The van der Waals surface area contributed by atoms with E-state index in [2.05, 4.69) is 0 Å². The van der Waals surface area contributed by atoms with Crippen LogP contribution in [0.3, 0.4) is 0 Å². The molecule has 0 saturated heterocycles. The highest BCUT2D eigenvalue weighted by Gasteiger charge is 2.31. The Kier molecular flexibility index (Phi) is 3.35. The van der Waals surface area contributed by atoms with Gasteiger partial charge in [-0.3, -0.25) is 0 Å². The third-order valence-corrected chi connectivity index (χ3v) is 5.51. The molecule has 1 aliphatic rings. The average molecular weight is 304 g/mol. The average Bonchev–Trinajstić information content (AvgIpc) is 2.91. The van der Waals surface area contributed by atoms with Gasteiger partial charge in [0.25, 0.3) is 0 Å². The molecule has 0 aromatic heterocycles. The zero-order chi connectivity index (χ0) is 15.0. The topological polar surface area (TPSA) is 72.6 Å². The van der Waals surface area contributed by atoms with E-state index < -0.39 is 10.0 Å². The van der Waals surface area contributed by atoms with Gasteiger partial charge in [-0.2, -0.15) is 4.31 Å².